The minimum atomic E-state index is -0.814. The van der Waals surface area contributed by atoms with Crippen molar-refractivity contribution in [3.05, 3.63) is 34.3 Å². The molecule has 18 heavy (non-hydrogen) atoms. The van der Waals surface area contributed by atoms with Gasteiger partial charge in [-0.2, -0.15) is 0 Å². The van der Waals surface area contributed by atoms with Crippen molar-refractivity contribution in [2.75, 3.05) is 13.1 Å². The molecule has 1 aromatic carbocycles. The second-order valence-electron chi connectivity index (χ2n) is 4.43. The van der Waals surface area contributed by atoms with Gasteiger partial charge >= 0.3 is 5.97 Å². The molecular weight excluding hydrogens is 298 g/mol. The van der Waals surface area contributed by atoms with Crippen molar-refractivity contribution in [1.82, 2.24) is 4.90 Å². The van der Waals surface area contributed by atoms with Crippen LogP contribution in [0.2, 0.25) is 0 Å². The van der Waals surface area contributed by atoms with Crippen LogP contribution in [0.25, 0.3) is 0 Å². The second-order valence-corrected chi connectivity index (χ2v) is 5.29. The van der Waals surface area contributed by atoms with Gasteiger partial charge in [0.1, 0.15) is 0 Å². The fraction of sp³-hybridized carbons (Fsp3) is 0.385. The lowest BCUT2D eigenvalue weighted by atomic mass is 10.1. The van der Waals surface area contributed by atoms with Crippen molar-refractivity contribution in [3.8, 4) is 0 Å². The first-order chi connectivity index (χ1) is 8.58. The fourth-order valence-electron chi connectivity index (χ4n) is 2.10. The maximum atomic E-state index is 12.0. The summed E-state index contributed by atoms with van der Waals surface area (Å²) in [6.45, 7) is 0.874. The van der Waals surface area contributed by atoms with Gasteiger partial charge in [0.2, 0.25) is 5.91 Å². The third-order valence-corrected chi connectivity index (χ3v) is 3.96. The number of halogens is 1. The number of carbonyl (C=O) groups is 2. The molecule has 1 aromatic rings. The van der Waals surface area contributed by atoms with Crippen molar-refractivity contribution in [3.63, 3.8) is 0 Å². The zero-order valence-electron chi connectivity index (χ0n) is 9.80. The number of carbonyl (C=O) groups excluding carboxylic acids is 1. The van der Waals surface area contributed by atoms with Crippen molar-refractivity contribution in [1.29, 1.82) is 0 Å². The summed E-state index contributed by atoms with van der Waals surface area (Å²) in [7, 11) is 0. The molecule has 1 aliphatic rings. The summed E-state index contributed by atoms with van der Waals surface area (Å²) in [5.74, 6) is -1.23. The highest BCUT2D eigenvalue weighted by Gasteiger charge is 2.30. The van der Waals surface area contributed by atoms with Crippen molar-refractivity contribution >= 4 is 27.8 Å². The van der Waals surface area contributed by atoms with Crippen LogP contribution < -0.4 is 0 Å². The van der Waals surface area contributed by atoms with Crippen LogP contribution in [0.3, 0.4) is 0 Å². The summed E-state index contributed by atoms with van der Waals surface area (Å²) in [5.41, 5.74) is 0.932. The van der Waals surface area contributed by atoms with Gasteiger partial charge in [0.15, 0.2) is 0 Å². The Balaban J connectivity index is 1.98. The zero-order chi connectivity index (χ0) is 13.1. The third kappa shape index (κ3) is 2.90. The van der Waals surface area contributed by atoms with Crippen LogP contribution >= 0.6 is 15.9 Å². The summed E-state index contributed by atoms with van der Waals surface area (Å²) < 4.78 is 0.910. The van der Waals surface area contributed by atoms with Crippen LogP contribution in [0.1, 0.15) is 12.0 Å². The van der Waals surface area contributed by atoms with Gasteiger partial charge in [-0.15, -0.1) is 0 Å². The Bertz CT molecular complexity index is 475. The number of rotatable bonds is 3. The molecular formula is C13H14BrNO3. The summed E-state index contributed by atoms with van der Waals surface area (Å²) in [4.78, 5) is 24.5. The monoisotopic (exact) mass is 311 g/mol. The molecule has 0 saturated carbocycles. The molecule has 1 N–H and O–H groups in total. The normalized spacial score (nSPS) is 18.9. The van der Waals surface area contributed by atoms with E-state index in [0.29, 0.717) is 25.9 Å². The molecule has 0 aliphatic carbocycles. The maximum Gasteiger partial charge on any atom is 0.308 e. The van der Waals surface area contributed by atoms with E-state index >= 15 is 0 Å². The van der Waals surface area contributed by atoms with E-state index in [-0.39, 0.29) is 5.91 Å². The SMILES string of the molecule is O=C(O)[C@H]1CCN(C(=O)Cc2ccccc2Br)C1. The fourth-order valence-corrected chi connectivity index (χ4v) is 2.53. The Hall–Kier alpha value is -1.36. The van der Waals surface area contributed by atoms with Crippen LogP contribution in [-0.4, -0.2) is 35.0 Å². The molecule has 1 aliphatic heterocycles. The lowest BCUT2D eigenvalue weighted by Gasteiger charge is -2.16. The molecule has 0 unspecified atom stereocenters. The molecule has 1 saturated heterocycles. The number of carboxylic acids is 1. The zero-order valence-corrected chi connectivity index (χ0v) is 11.4. The van der Waals surface area contributed by atoms with E-state index in [4.69, 9.17) is 5.11 Å². The molecule has 1 atom stereocenters. The highest BCUT2D eigenvalue weighted by molar-refractivity contribution is 9.10. The minimum Gasteiger partial charge on any atom is -0.481 e. The first-order valence-electron chi connectivity index (χ1n) is 5.82. The van der Waals surface area contributed by atoms with Gasteiger partial charge in [-0.25, -0.2) is 0 Å². The molecule has 0 aromatic heterocycles. The Labute approximate surface area is 114 Å². The first-order valence-corrected chi connectivity index (χ1v) is 6.61. The van der Waals surface area contributed by atoms with E-state index in [0.717, 1.165) is 10.0 Å². The smallest absolute Gasteiger partial charge is 0.308 e. The third-order valence-electron chi connectivity index (χ3n) is 3.19. The topological polar surface area (TPSA) is 57.6 Å². The second kappa shape index (κ2) is 5.52. The molecule has 0 bridgehead atoms. The van der Waals surface area contributed by atoms with E-state index in [1.54, 1.807) is 4.90 Å². The Morgan fingerprint density at radius 1 is 1.39 bits per heavy atom. The predicted molar refractivity (Wildman–Crippen MR) is 70.2 cm³/mol. The average Bonchev–Trinajstić information content (AvgIpc) is 2.81. The van der Waals surface area contributed by atoms with Crippen LogP contribution in [-0.2, 0) is 16.0 Å². The Morgan fingerprint density at radius 3 is 2.72 bits per heavy atom. The van der Waals surface area contributed by atoms with Gasteiger partial charge in [-0.05, 0) is 18.1 Å². The first kappa shape index (κ1) is 13.1. The number of benzene rings is 1. The van der Waals surface area contributed by atoms with E-state index in [2.05, 4.69) is 15.9 Å². The molecule has 1 fully saturated rings. The van der Waals surface area contributed by atoms with Crippen LogP contribution in [0.4, 0.5) is 0 Å². The van der Waals surface area contributed by atoms with Gasteiger partial charge in [-0.3, -0.25) is 9.59 Å². The van der Waals surface area contributed by atoms with E-state index in [1.165, 1.54) is 0 Å². The van der Waals surface area contributed by atoms with Crippen LogP contribution in [0, 0.1) is 5.92 Å². The number of nitrogens with zero attached hydrogens (tertiary/aromatic N) is 1. The van der Waals surface area contributed by atoms with Crippen molar-refractivity contribution in [2.24, 2.45) is 5.92 Å². The van der Waals surface area contributed by atoms with Gasteiger partial charge in [0.05, 0.1) is 12.3 Å². The number of hydrogen-bond acceptors (Lipinski definition) is 2. The number of likely N-dealkylation sites (tertiary alicyclic amines) is 1. The lowest BCUT2D eigenvalue weighted by Crippen LogP contribution is -2.31. The molecule has 5 heteroatoms. The highest BCUT2D eigenvalue weighted by atomic mass is 79.9. The Kier molecular flexibility index (Phi) is 4.01. The number of hydrogen-bond donors (Lipinski definition) is 1. The maximum absolute atomic E-state index is 12.0. The summed E-state index contributed by atoms with van der Waals surface area (Å²) in [5, 5.41) is 8.90. The van der Waals surface area contributed by atoms with Crippen molar-refractivity contribution in [2.45, 2.75) is 12.8 Å². The van der Waals surface area contributed by atoms with Gasteiger partial charge < -0.3 is 10.0 Å². The molecule has 96 valence electrons. The average molecular weight is 312 g/mol. The van der Waals surface area contributed by atoms with Crippen LogP contribution in [0.15, 0.2) is 28.7 Å². The highest BCUT2D eigenvalue weighted by Crippen LogP contribution is 2.20. The predicted octanol–water partition coefficient (Wildman–Crippen LogP) is 1.92. The quantitative estimate of drug-likeness (QED) is 0.928. The van der Waals surface area contributed by atoms with Gasteiger partial charge in [0, 0.05) is 17.6 Å². The van der Waals surface area contributed by atoms with Gasteiger partial charge in [0.25, 0.3) is 0 Å². The minimum absolute atomic E-state index is 0.00866. The molecule has 2 rings (SSSR count). The lowest BCUT2D eigenvalue weighted by molar-refractivity contribution is -0.141. The number of aliphatic carboxylic acids is 1. The van der Waals surface area contributed by atoms with Crippen LogP contribution in [0.5, 0.6) is 0 Å². The van der Waals surface area contributed by atoms with E-state index in [1.807, 2.05) is 24.3 Å². The van der Waals surface area contributed by atoms with E-state index in [9.17, 15) is 9.59 Å². The largest absolute Gasteiger partial charge is 0.481 e. The molecule has 0 spiro atoms. The number of amides is 1. The molecule has 0 radical (unpaired) electrons. The van der Waals surface area contributed by atoms with Crippen molar-refractivity contribution < 1.29 is 14.7 Å². The molecule has 4 nitrogen and oxygen atoms in total. The number of carboxylic acid groups (broad SMARTS) is 1. The standard InChI is InChI=1S/C13H14BrNO3/c14-11-4-2-1-3-9(11)7-12(16)15-6-5-10(8-15)13(17)18/h1-4,10H,5-8H2,(H,17,18)/t10-/m0/s1. The van der Waals surface area contributed by atoms with E-state index < -0.39 is 11.9 Å². The van der Waals surface area contributed by atoms with Gasteiger partial charge in [-0.1, -0.05) is 34.1 Å². The summed E-state index contributed by atoms with van der Waals surface area (Å²) in [6.07, 6.45) is 0.866. The Morgan fingerprint density at radius 2 is 2.11 bits per heavy atom. The molecule has 1 amide bonds. The molecule has 1 heterocycles. The summed E-state index contributed by atoms with van der Waals surface area (Å²) >= 11 is 3.40. The summed E-state index contributed by atoms with van der Waals surface area (Å²) in [6, 6.07) is 7.57.